The van der Waals surface area contributed by atoms with Crippen LogP contribution in [0, 0.1) is 19.3 Å². The van der Waals surface area contributed by atoms with Crippen LogP contribution in [0.5, 0.6) is 0 Å². The Hall–Kier alpha value is -1.89. The van der Waals surface area contributed by atoms with E-state index in [1.54, 1.807) is 34.6 Å². The normalized spacial score (nSPS) is 20.7. The van der Waals surface area contributed by atoms with E-state index in [9.17, 15) is 14.4 Å². The Labute approximate surface area is 145 Å². The summed E-state index contributed by atoms with van der Waals surface area (Å²) in [5, 5.41) is 3.25. The van der Waals surface area contributed by atoms with E-state index in [2.05, 4.69) is 5.32 Å². The van der Waals surface area contributed by atoms with Gasteiger partial charge in [0.2, 0.25) is 12.0 Å². The Morgan fingerprint density at radius 2 is 1.92 bits per heavy atom. The van der Waals surface area contributed by atoms with E-state index >= 15 is 0 Å². The molecule has 1 fully saturated rings. The van der Waals surface area contributed by atoms with Gasteiger partial charge in [-0.25, -0.2) is 9.59 Å². The third-order valence-electron chi connectivity index (χ3n) is 3.87. The van der Waals surface area contributed by atoms with Crippen LogP contribution in [0.4, 0.5) is 5.00 Å². The number of amides is 1. The summed E-state index contributed by atoms with van der Waals surface area (Å²) in [6, 6.07) is 0. The van der Waals surface area contributed by atoms with Crippen molar-refractivity contribution >= 4 is 34.2 Å². The van der Waals surface area contributed by atoms with E-state index in [1.165, 1.54) is 11.3 Å². The fraction of sp³-hybridized carbons (Fsp3) is 0.588. The third-order valence-corrected chi connectivity index (χ3v) is 5.00. The second-order valence-electron chi connectivity index (χ2n) is 7.07. The molecule has 0 radical (unpaired) electrons. The molecule has 1 N–H and O–H groups in total. The first kappa shape index (κ1) is 18.4. The van der Waals surface area contributed by atoms with Gasteiger partial charge < -0.3 is 14.8 Å². The molecule has 0 spiro atoms. The summed E-state index contributed by atoms with van der Waals surface area (Å²) < 4.78 is 10.3. The summed E-state index contributed by atoms with van der Waals surface area (Å²) in [5.41, 5.74) is 0.466. The molecule has 6 nitrogen and oxygen atoms in total. The van der Waals surface area contributed by atoms with Gasteiger partial charge in [-0.3, -0.25) is 4.79 Å². The minimum absolute atomic E-state index is 0.188. The number of aryl methyl sites for hydroxylation is 1. The molecule has 2 heterocycles. The topological polar surface area (TPSA) is 81.7 Å². The molecule has 1 amide bonds. The largest absolute Gasteiger partial charge is 0.460 e. The van der Waals surface area contributed by atoms with Gasteiger partial charge in [0.1, 0.15) is 11.1 Å². The number of thiophene rings is 1. The number of cyclic esters (lactones) is 1. The average molecular weight is 353 g/mol. The van der Waals surface area contributed by atoms with Crippen molar-refractivity contribution in [3.63, 3.8) is 0 Å². The number of carbonyl (C=O) groups is 3. The second-order valence-corrected chi connectivity index (χ2v) is 8.29. The molecule has 1 aromatic rings. The molecule has 132 valence electrons. The van der Waals surface area contributed by atoms with Gasteiger partial charge in [0, 0.05) is 16.7 Å². The van der Waals surface area contributed by atoms with Crippen LogP contribution in [0.15, 0.2) is 0 Å². The van der Waals surface area contributed by atoms with Crippen LogP contribution in [0.1, 0.15) is 54.9 Å². The fourth-order valence-corrected chi connectivity index (χ4v) is 3.30. The van der Waals surface area contributed by atoms with Crippen molar-refractivity contribution in [3.8, 4) is 0 Å². The van der Waals surface area contributed by atoms with E-state index in [-0.39, 0.29) is 12.0 Å². The van der Waals surface area contributed by atoms with Gasteiger partial charge in [-0.15, -0.1) is 11.3 Å². The van der Waals surface area contributed by atoms with Crippen LogP contribution in [0.3, 0.4) is 0 Å². The molecular weight excluding hydrogens is 330 g/mol. The molecule has 1 aliphatic rings. The van der Waals surface area contributed by atoms with E-state index in [0.717, 1.165) is 10.4 Å². The number of nitrogens with one attached hydrogen (secondary N) is 1. The first-order chi connectivity index (χ1) is 11.0. The number of rotatable bonds is 3. The molecule has 1 aliphatic heterocycles. The van der Waals surface area contributed by atoms with Crippen LogP contribution in [0.2, 0.25) is 0 Å². The van der Waals surface area contributed by atoms with Crippen LogP contribution < -0.4 is 5.32 Å². The molecule has 2 atom stereocenters. The Morgan fingerprint density at radius 3 is 2.42 bits per heavy atom. The number of ether oxygens (including phenoxy) is 2. The molecule has 1 saturated heterocycles. The summed E-state index contributed by atoms with van der Waals surface area (Å²) >= 11 is 1.32. The molecule has 7 heteroatoms. The Kier molecular flexibility index (Phi) is 5.03. The highest BCUT2D eigenvalue weighted by Crippen LogP contribution is 2.35. The van der Waals surface area contributed by atoms with E-state index in [0.29, 0.717) is 17.0 Å². The summed E-state index contributed by atoms with van der Waals surface area (Å²) in [5.74, 6) is -1.33. The molecule has 0 bridgehead atoms. The summed E-state index contributed by atoms with van der Waals surface area (Å²) in [6.45, 7) is 10.8. The smallest absolute Gasteiger partial charge is 0.347 e. The summed E-state index contributed by atoms with van der Waals surface area (Å²) in [7, 11) is 0. The SMILES string of the molecule is Cc1sc(NC(=O)C(C)(C)C)c(C(=O)O[C@H]2C[C@H](C)OC2=O)c1C. The number of hydrogen-bond acceptors (Lipinski definition) is 6. The lowest BCUT2D eigenvalue weighted by molar-refractivity contribution is -0.147. The van der Waals surface area contributed by atoms with Crippen LogP contribution in [-0.4, -0.2) is 30.1 Å². The van der Waals surface area contributed by atoms with E-state index in [1.807, 2.05) is 6.92 Å². The zero-order valence-electron chi connectivity index (χ0n) is 14.8. The maximum atomic E-state index is 12.6. The molecular formula is C17H23NO5S. The van der Waals surface area contributed by atoms with Crippen LogP contribution in [0.25, 0.3) is 0 Å². The summed E-state index contributed by atoms with van der Waals surface area (Å²) in [6.07, 6.45) is -0.810. The zero-order valence-corrected chi connectivity index (χ0v) is 15.6. The minimum atomic E-state index is -0.890. The van der Waals surface area contributed by atoms with Gasteiger partial charge in [0.05, 0.1) is 5.56 Å². The van der Waals surface area contributed by atoms with Gasteiger partial charge in [0.15, 0.2) is 0 Å². The average Bonchev–Trinajstić information content (AvgIpc) is 2.89. The highest BCUT2D eigenvalue weighted by Gasteiger charge is 2.36. The first-order valence-corrected chi connectivity index (χ1v) is 8.65. The lowest BCUT2D eigenvalue weighted by Crippen LogP contribution is -2.28. The number of esters is 2. The third kappa shape index (κ3) is 3.77. The highest BCUT2D eigenvalue weighted by atomic mass is 32.1. The van der Waals surface area contributed by atoms with Gasteiger partial charge in [-0.05, 0) is 26.3 Å². The predicted molar refractivity (Wildman–Crippen MR) is 91.3 cm³/mol. The Balaban J connectivity index is 2.24. The quantitative estimate of drug-likeness (QED) is 0.844. The molecule has 0 unspecified atom stereocenters. The molecule has 0 saturated carbocycles. The monoisotopic (exact) mass is 353 g/mol. The van der Waals surface area contributed by atoms with Crippen LogP contribution in [-0.2, 0) is 19.1 Å². The minimum Gasteiger partial charge on any atom is -0.460 e. The van der Waals surface area contributed by atoms with Gasteiger partial charge in [-0.2, -0.15) is 0 Å². The van der Waals surface area contributed by atoms with E-state index < -0.39 is 23.5 Å². The van der Waals surface area contributed by atoms with Gasteiger partial charge >= 0.3 is 11.9 Å². The van der Waals surface area contributed by atoms with Crippen molar-refractivity contribution in [3.05, 3.63) is 16.0 Å². The van der Waals surface area contributed by atoms with Crippen molar-refractivity contribution in [2.45, 2.75) is 60.2 Å². The lowest BCUT2D eigenvalue weighted by atomic mass is 9.96. The first-order valence-electron chi connectivity index (χ1n) is 7.83. The number of anilines is 1. The van der Waals surface area contributed by atoms with E-state index in [4.69, 9.17) is 9.47 Å². The Morgan fingerprint density at radius 1 is 1.29 bits per heavy atom. The van der Waals surface area contributed by atoms with Gasteiger partial charge in [-0.1, -0.05) is 20.8 Å². The lowest BCUT2D eigenvalue weighted by Gasteiger charge is -2.17. The van der Waals surface area contributed by atoms with Crippen molar-refractivity contribution in [2.75, 3.05) is 5.32 Å². The van der Waals surface area contributed by atoms with Crippen LogP contribution >= 0.6 is 11.3 Å². The number of carbonyl (C=O) groups excluding carboxylic acids is 3. The Bertz CT molecular complexity index is 686. The van der Waals surface area contributed by atoms with Crippen molar-refractivity contribution in [1.82, 2.24) is 0 Å². The number of hydrogen-bond donors (Lipinski definition) is 1. The zero-order chi connectivity index (χ0) is 18.2. The maximum Gasteiger partial charge on any atom is 0.347 e. The van der Waals surface area contributed by atoms with Gasteiger partial charge in [0.25, 0.3) is 0 Å². The van der Waals surface area contributed by atoms with Crippen molar-refractivity contribution in [1.29, 1.82) is 0 Å². The predicted octanol–water partition coefficient (Wildman–Crippen LogP) is 3.21. The molecule has 2 rings (SSSR count). The maximum absolute atomic E-state index is 12.6. The summed E-state index contributed by atoms with van der Waals surface area (Å²) in [4.78, 5) is 37.4. The van der Waals surface area contributed by atoms with Crippen molar-refractivity contribution < 1.29 is 23.9 Å². The highest BCUT2D eigenvalue weighted by molar-refractivity contribution is 7.16. The molecule has 1 aromatic heterocycles. The van der Waals surface area contributed by atoms with Crippen molar-refractivity contribution in [2.24, 2.45) is 5.41 Å². The molecule has 24 heavy (non-hydrogen) atoms. The molecule has 0 aliphatic carbocycles. The molecule has 0 aromatic carbocycles. The second kappa shape index (κ2) is 6.55. The fourth-order valence-electron chi connectivity index (χ4n) is 2.26. The standard InChI is InChI=1S/C17H23NO5S/c1-8-7-11(14(19)22-8)23-15(20)12-9(2)10(3)24-13(12)18-16(21)17(4,5)6/h8,11H,7H2,1-6H3,(H,18,21)/t8-,11-/m0/s1.